The molecule has 0 unspecified atom stereocenters. The molecule has 0 amide bonds. The van der Waals surface area contributed by atoms with Crippen LogP contribution < -0.4 is 0 Å². The predicted molar refractivity (Wildman–Crippen MR) is 63.8 cm³/mol. The number of carbonyl (C=O) groups is 1. The molecule has 1 aromatic rings. The summed E-state index contributed by atoms with van der Waals surface area (Å²) >= 11 is 11.5. The van der Waals surface area contributed by atoms with Crippen LogP contribution in [0, 0.1) is 0 Å². The Labute approximate surface area is 105 Å². The number of pyridine rings is 1. The van der Waals surface area contributed by atoms with E-state index in [0.717, 1.165) is 0 Å². The van der Waals surface area contributed by atoms with E-state index in [0.29, 0.717) is 10.7 Å². The van der Waals surface area contributed by atoms with Gasteiger partial charge < -0.3 is 4.74 Å². The smallest absolute Gasteiger partial charge is 0.310 e. The molecule has 0 atom stereocenters. The molecule has 0 aromatic carbocycles. The van der Waals surface area contributed by atoms with Gasteiger partial charge >= 0.3 is 5.97 Å². The van der Waals surface area contributed by atoms with Gasteiger partial charge in [0.15, 0.2) is 0 Å². The third-order valence-electron chi connectivity index (χ3n) is 1.65. The lowest BCUT2D eigenvalue weighted by Crippen LogP contribution is -2.25. The summed E-state index contributed by atoms with van der Waals surface area (Å²) in [5.41, 5.74) is 0.115. The molecular formula is C11H13Cl2NO2. The van der Waals surface area contributed by atoms with Crippen LogP contribution in [0.4, 0.5) is 0 Å². The van der Waals surface area contributed by atoms with Crippen LogP contribution >= 0.6 is 23.2 Å². The van der Waals surface area contributed by atoms with Crippen LogP contribution in [0.3, 0.4) is 0 Å². The highest BCUT2D eigenvalue weighted by Gasteiger charge is 2.17. The van der Waals surface area contributed by atoms with Crippen molar-refractivity contribution in [1.29, 1.82) is 0 Å². The van der Waals surface area contributed by atoms with Crippen molar-refractivity contribution in [1.82, 2.24) is 4.98 Å². The lowest BCUT2D eigenvalue weighted by molar-refractivity contribution is -0.153. The fourth-order valence-electron chi connectivity index (χ4n) is 1.11. The fraction of sp³-hybridized carbons (Fsp3) is 0.455. The molecule has 0 saturated heterocycles. The maximum Gasteiger partial charge on any atom is 0.310 e. The summed E-state index contributed by atoms with van der Waals surface area (Å²) in [5.74, 6) is -0.335. The molecule has 0 aliphatic carbocycles. The van der Waals surface area contributed by atoms with Crippen molar-refractivity contribution < 1.29 is 9.53 Å². The van der Waals surface area contributed by atoms with Crippen LogP contribution in [0.15, 0.2) is 12.1 Å². The van der Waals surface area contributed by atoms with Gasteiger partial charge in [-0.05, 0) is 26.8 Å². The third-order valence-corrected chi connectivity index (χ3v) is 2.18. The predicted octanol–water partition coefficient (Wildman–Crippen LogP) is 3.27. The average molecular weight is 262 g/mol. The van der Waals surface area contributed by atoms with Gasteiger partial charge in [-0.1, -0.05) is 29.3 Å². The minimum atomic E-state index is -0.497. The molecule has 1 heterocycles. The summed E-state index contributed by atoms with van der Waals surface area (Å²) in [5, 5.41) is 0.538. The third kappa shape index (κ3) is 4.37. The van der Waals surface area contributed by atoms with Crippen molar-refractivity contribution in [2.45, 2.75) is 32.8 Å². The number of aromatic nitrogens is 1. The first-order valence-electron chi connectivity index (χ1n) is 4.81. The summed E-state index contributed by atoms with van der Waals surface area (Å²) in [7, 11) is 0. The van der Waals surface area contributed by atoms with Crippen LogP contribution in [-0.4, -0.2) is 16.6 Å². The number of esters is 1. The van der Waals surface area contributed by atoms with E-state index in [4.69, 9.17) is 27.9 Å². The summed E-state index contributed by atoms with van der Waals surface area (Å²) < 4.78 is 5.17. The fourth-order valence-corrected chi connectivity index (χ4v) is 1.52. The Morgan fingerprint density at radius 1 is 1.38 bits per heavy atom. The van der Waals surface area contributed by atoms with Crippen molar-refractivity contribution in [2.75, 3.05) is 0 Å². The molecule has 1 aromatic heterocycles. The zero-order valence-corrected chi connectivity index (χ0v) is 10.9. The summed E-state index contributed by atoms with van der Waals surface area (Å²) in [6.45, 7) is 5.44. The van der Waals surface area contributed by atoms with Crippen molar-refractivity contribution in [3.05, 3.63) is 28.0 Å². The van der Waals surface area contributed by atoms with Gasteiger partial charge in [-0.25, -0.2) is 4.98 Å². The highest BCUT2D eigenvalue weighted by atomic mass is 35.5. The van der Waals surface area contributed by atoms with E-state index in [9.17, 15) is 4.79 Å². The van der Waals surface area contributed by atoms with Gasteiger partial charge in [-0.15, -0.1) is 0 Å². The summed E-state index contributed by atoms with van der Waals surface area (Å²) in [6.07, 6.45) is 0.0975. The Kier molecular flexibility index (Phi) is 4.16. The first-order chi connectivity index (χ1) is 7.28. The Hall–Kier alpha value is -0.800. The number of nitrogens with zero attached hydrogens (tertiary/aromatic N) is 1. The average Bonchev–Trinajstić information content (AvgIpc) is 2.06. The molecule has 0 bridgehead atoms. The van der Waals surface area contributed by atoms with E-state index in [1.807, 2.05) is 20.8 Å². The maximum absolute atomic E-state index is 11.5. The van der Waals surface area contributed by atoms with Crippen molar-refractivity contribution in [2.24, 2.45) is 0 Å². The normalized spacial score (nSPS) is 11.3. The first kappa shape index (κ1) is 13.3. The van der Waals surface area contributed by atoms with Crippen LogP contribution in [0.25, 0.3) is 0 Å². The largest absolute Gasteiger partial charge is 0.460 e. The molecule has 0 aliphatic heterocycles. The van der Waals surface area contributed by atoms with Crippen molar-refractivity contribution in [3.63, 3.8) is 0 Å². The van der Waals surface area contributed by atoms with Gasteiger partial charge in [-0.3, -0.25) is 4.79 Å². The molecule has 0 radical (unpaired) electrons. The number of ether oxygens (including phenoxy) is 1. The minimum absolute atomic E-state index is 0.0975. The van der Waals surface area contributed by atoms with Gasteiger partial charge in [0.05, 0.1) is 6.42 Å². The van der Waals surface area contributed by atoms with Gasteiger partial charge in [0.1, 0.15) is 15.9 Å². The van der Waals surface area contributed by atoms with Gasteiger partial charge in [0.2, 0.25) is 0 Å². The maximum atomic E-state index is 11.5. The van der Waals surface area contributed by atoms with E-state index >= 15 is 0 Å². The Morgan fingerprint density at radius 3 is 2.50 bits per heavy atom. The Bertz CT molecular complexity index is 399. The topological polar surface area (TPSA) is 39.2 Å². The van der Waals surface area contributed by atoms with Gasteiger partial charge in [-0.2, -0.15) is 0 Å². The molecule has 0 saturated carbocycles. The van der Waals surface area contributed by atoms with Crippen molar-refractivity contribution >= 4 is 29.2 Å². The van der Waals surface area contributed by atoms with Crippen LogP contribution in [-0.2, 0) is 16.0 Å². The number of hydrogen-bond acceptors (Lipinski definition) is 3. The molecule has 0 aliphatic rings. The second-order valence-corrected chi connectivity index (χ2v) is 5.09. The second kappa shape index (κ2) is 5.02. The lowest BCUT2D eigenvalue weighted by atomic mass is 10.2. The molecule has 1 rings (SSSR count). The van der Waals surface area contributed by atoms with E-state index in [1.165, 1.54) is 0 Å². The molecular weight excluding hydrogens is 249 g/mol. The summed E-state index contributed by atoms with van der Waals surface area (Å²) in [4.78, 5) is 15.4. The molecule has 16 heavy (non-hydrogen) atoms. The van der Waals surface area contributed by atoms with E-state index in [2.05, 4.69) is 4.98 Å². The van der Waals surface area contributed by atoms with E-state index in [1.54, 1.807) is 12.1 Å². The highest BCUT2D eigenvalue weighted by Crippen LogP contribution is 2.18. The zero-order chi connectivity index (χ0) is 12.3. The number of hydrogen-bond donors (Lipinski definition) is 0. The molecule has 0 spiro atoms. The SMILES string of the molecule is CC(C)(C)OC(=O)Cc1ccc(Cl)nc1Cl. The quantitative estimate of drug-likeness (QED) is 0.606. The van der Waals surface area contributed by atoms with Crippen LogP contribution in [0.1, 0.15) is 26.3 Å². The van der Waals surface area contributed by atoms with E-state index < -0.39 is 5.60 Å². The monoisotopic (exact) mass is 261 g/mol. The van der Waals surface area contributed by atoms with Crippen molar-refractivity contribution in [3.8, 4) is 0 Å². The lowest BCUT2D eigenvalue weighted by Gasteiger charge is -2.19. The second-order valence-electron chi connectivity index (χ2n) is 4.35. The van der Waals surface area contributed by atoms with Gasteiger partial charge in [0.25, 0.3) is 0 Å². The highest BCUT2D eigenvalue weighted by molar-refractivity contribution is 6.32. The number of halogens is 2. The molecule has 88 valence electrons. The van der Waals surface area contributed by atoms with Crippen LogP contribution in [0.5, 0.6) is 0 Å². The number of carbonyl (C=O) groups excluding carboxylic acids is 1. The van der Waals surface area contributed by atoms with E-state index in [-0.39, 0.29) is 17.5 Å². The van der Waals surface area contributed by atoms with Gasteiger partial charge in [0, 0.05) is 5.56 Å². The van der Waals surface area contributed by atoms with Crippen LogP contribution in [0.2, 0.25) is 10.3 Å². The number of rotatable bonds is 2. The molecule has 0 fully saturated rings. The molecule has 3 nitrogen and oxygen atoms in total. The standard InChI is InChI=1S/C11H13Cl2NO2/c1-11(2,3)16-9(15)6-7-4-5-8(12)14-10(7)13/h4-5H,6H2,1-3H3. The summed E-state index contributed by atoms with van der Waals surface area (Å²) in [6, 6.07) is 3.26. The Balaban J connectivity index is 2.70. The Morgan fingerprint density at radius 2 is 2.00 bits per heavy atom. The zero-order valence-electron chi connectivity index (χ0n) is 9.38. The minimum Gasteiger partial charge on any atom is -0.460 e. The molecule has 5 heteroatoms. The first-order valence-corrected chi connectivity index (χ1v) is 5.56. The molecule has 0 N–H and O–H groups in total.